The van der Waals surface area contributed by atoms with E-state index in [-0.39, 0.29) is 12.2 Å². The molecule has 2 atom stereocenters. The van der Waals surface area contributed by atoms with Crippen LogP contribution in [0.5, 0.6) is 11.5 Å². The molecule has 0 aliphatic carbocycles. The highest BCUT2D eigenvalue weighted by atomic mass is 28.5. The Balaban J connectivity index is 1.32. The molecule has 3 fully saturated rings. The second-order valence-corrected chi connectivity index (χ2v) is 28.5. The van der Waals surface area contributed by atoms with Gasteiger partial charge in [-0.15, -0.1) is 0 Å². The molecule has 0 spiro atoms. The summed E-state index contributed by atoms with van der Waals surface area (Å²) < 4.78 is 51.7. The Labute approximate surface area is 291 Å². The molecule has 14 heteroatoms. The number of phenols is 2. The summed E-state index contributed by atoms with van der Waals surface area (Å²) in [6, 6.07) is 18.2. The standard InChI is InChI=1S/C34H56O10Si4/c1-45(21-9-15-29-13-5-7-17-33(29)35)41-47(3,23-11-19-37-25-31-27-39-31)43-46(2,22-10-16-30-14-6-8-18-34(30)36)44-48(4,42-45)24-12-20-38-26-32-28-40-32/h5-8,13-14,17-18,31-32,35-36H,9-12,15-16,19-28H2,1-4H3. The zero-order valence-electron chi connectivity index (χ0n) is 29.2. The van der Waals surface area contributed by atoms with Crippen LogP contribution in [-0.2, 0) is 48.2 Å². The Morgan fingerprint density at radius 1 is 0.562 bits per heavy atom. The van der Waals surface area contributed by atoms with Gasteiger partial charge in [-0.3, -0.25) is 0 Å². The number of hydrogen-bond acceptors (Lipinski definition) is 10. The summed E-state index contributed by atoms with van der Waals surface area (Å²) in [5.41, 5.74) is 1.87. The fourth-order valence-corrected chi connectivity index (χ4v) is 30.0. The molecular formula is C34H56O10Si4. The first-order valence-electron chi connectivity index (χ1n) is 17.7. The van der Waals surface area contributed by atoms with Crippen LogP contribution in [0.2, 0.25) is 50.4 Å². The molecular weight excluding hydrogens is 681 g/mol. The summed E-state index contributed by atoms with van der Waals surface area (Å²) >= 11 is 0. The van der Waals surface area contributed by atoms with Crippen molar-refractivity contribution in [2.24, 2.45) is 0 Å². The maximum Gasteiger partial charge on any atom is 0.317 e. The largest absolute Gasteiger partial charge is 0.508 e. The molecule has 0 saturated carbocycles. The van der Waals surface area contributed by atoms with Crippen LogP contribution in [0.4, 0.5) is 0 Å². The van der Waals surface area contributed by atoms with Gasteiger partial charge in [0.1, 0.15) is 23.7 Å². The van der Waals surface area contributed by atoms with Gasteiger partial charge >= 0.3 is 34.2 Å². The zero-order chi connectivity index (χ0) is 34.1. The minimum atomic E-state index is -2.81. The predicted molar refractivity (Wildman–Crippen MR) is 193 cm³/mol. The van der Waals surface area contributed by atoms with E-state index in [9.17, 15) is 10.2 Å². The summed E-state index contributed by atoms with van der Waals surface area (Å²) in [5.74, 6) is 0.653. The number of epoxide rings is 2. The van der Waals surface area contributed by atoms with Crippen LogP contribution in [0.15, 0.2) is 48.5 Å². The molecule has 0 amide bonds. The summed E-state index contributed by atoms with van der Waals surface area (Å²) in [7, 11) is -11.2. The van der Waals surface area contributed by atoms with E-state index in [1.165, 1.54) is 0 Å². The first-order valence-corrected chi connectivity index (χ1v) is 27.8. The van der Waals surface area contributed by atoms with Crippen molar-refractivity contribution in [1.82, 2.24) is 0 Å². The van der Waals surface area contributed by atoms with E-state index in [0.29, 0.717) is 37.9 Å². The first kappa shape index (κ1) is 37.8. The van der Waals surface area contributed by atoms with Crippen LogP contribution in [0.1, 0.15) is 36.8 Å². The Bertz CT molecular complexity index is 1180. The van der Waals surface area contributed by atoms with Gasteiger partial charge in [0.15, 0.2) is 0 Å². The zero-order valence-corrected chi connectivity index (χ0v) is 33.2. The quantitative estimate of drug-likeness (QED) is 0.0870. The summed E-state index contributed by atoms with van der Waals surface area (Å²) in [5, 5.41) is 20.8. The third kappa shape index (κ3) is 12.4. The third-order valence-electron chi connectivity index (χ3n) is 9.12. The minimum absolute atomic E-state index is 0.239. The maximum atomic E-state index is 10.4. The van der Waals surface area contributed by atoms with Crippen molar-refractivity contribution in [3.05, 3.63) is 59.7 Å². The molecule has 48 heavy (non-hydrogen) atoms. The van der Waals surface area contributed by atoms with E-state index in [2.05, 4.69) is 26.2 Å². The molecule has 268 valence electrons. The van der Waals surface area contributed by atoms with Crippen molar-refractivity contribution in [2.45, 2.75) is 101 Å². The van der Waals surface area contributed by atoms with Crippen molar-refractivity contribution in [3.8, 4) is 11.5 Å². The molecule has 10 nitrogen and oxygen atoms in total. The van der Waals surface area contributed by atoms with Crippen molar-refractivity contribution in [3.63, 3.8) is 0 Å². The molecule has 2 N–H and O–H groups in total. The second kappa shape index (κ2) is 17.2. The highest BCUT2D eigenvalue weighted by Crippen LogP contribution is 2.39. The highest BCUT2D eigenvalue weighted by molar-refractivity contribution is 6.93. The summed E-state index contributed by atoms with van der Waals surface area (Å²) in [4.78, 5) is 0. The number of ether oxygens (including phenoxy) is 4. The molecule has 3 aliphatic heterocycles. The lowest BCUT2D eigenvalue weighted by Crippen LogP contribution is -2.67. The highest BCUT2D eigenvalue weighted by Gasteiger charge is 2.56. The second-order valence-electron chi connectivity index (χ2n) is 14.2. The number of aryl methyl sites for hydroxylation is 2. The van der Waals surface area contributed by atoms with Gasteiger partial charge in [0.25, 0.3) is 0 Å². The van der Waals surface area contributed by atoms with E-state index in [1.807, 2.05) is 36.4 Å². The van der Waals surface area contributed by atoms with Crippen molar-refractivity contribution in [1.29, 1.82) is 0 Å². The van der Waals surface area contributed by atoms with Crippen LogP contribution in [-0.4, -0.2) is 96.3 Å². The van der Waals surface area contributed by atoms with Gasteiger partial charge in [-0.25, -0.2) is 0 Å². The Hall–Kier alpha value is -1.41. The fraction of sp³-hybridized carbons (Fsp3) is 0.647. The van der Waals surface area contributed by atoms with E-state index in [1.54, 1.807) is 12.1 Å². The SMILES string of the molecule is C[Si]1(CCCOCC2CO2)O[Si](C)(CCCc2ccccc2O)O[Si](C)(CCCOCC2CO2)O[Si](C)(CCCc2ccccc2O)O1. The van der Waals surface area contributed by atoms with Gasteiger partial charge in [-0.1, -0.05) is 36.4 Å². The van der Waals surface area contributed by atoms with Crippen molar-refractivity contribution < 1.29 is 45.6 Å². The number of rotatable bonds is 20. The topological polar surface area (TPSA) is 121 Å². The van der Waals surface area contributed by atoms with E-state index < -0.39 is 34.2 Å². The molecule has 3 heterocycles. The van der Waals surface area contributed by atoms with Gasteiger partial charge in [-0.2, -0.15) is 0 Å². The van der Waals surface area contributed by atoms with Crippen LogP contribution in [0, 0.1) is 0 Å². The maximum absolute atomic E-state index is 10.4. The van der Waals surface area contributed by atoms with Crippen LogP contribution < -0.4 is 0 Å². The van der Waals surface area contributed by atoms with Gasteiger partial charge in [0.2, 0.25) is 0 Å². The van der Waals surface area contributed by atoms with Crippen LogP contribution in [0.25, 0.3) is 0 Å². The third-order valence-corrected chi connectivity index (χ3v) is 28.0. The Morgan fingerprint density at radius 2 is 0.896 bits per heavy atom. The van der Waals surface area contributed by atoms with Gasteiger partial charge < -0.3 is 45.6 Å². The number of para-hydroxylation sites is 2. The average Bonchev–Trinajstić information content (AvgIpc) is 3.94. The molecule has 3 aliphatic rings. The van der Waals surface area contributed by atoms with Gasteiger partial charge in [-0.05, 0) is 112 Å². The monoisotopic (exact) mass is 736 g/mol. The predicted octanol–water partition coefficient (Wildman–Crippen LogP) is 6.64. The lowest BCUT2D eigenvalue weighted by molar-refractivity contribution is 0.114. The van der Waals surface area contributed by atoms with Crippen LogP contribution in [0.3, 0.4) is 0 Å². The smallest absolute Gasteiger partial charge is 0.317 e. The lowest BCUT2D eigenvalue weighted by atomic mass is 10.1. The Kier molecular flexibility index (Phi) is 13.6. The summed E-state index contributed by atoms with van der Waals surface area (Å²) in [6.45, 7) is 12.8. The van der Waals surface area contributed by atoms with Crippen molar-refractivity contribution >= 4 is 34.2 Å². The van der Waals surface area contributed by atoms with Gasteiger partial charge in [0, 0.05) is 13.2 Å². The Morgan fingerprint density at radius 3 is 1.23 bits per heavy atom. The number of aromatic hydroxyl groups is 2. The van der Waals surface area contributed by atoms with E-state index in [4.69, 9.17) is 35.4 Å². The number of phenolic OH excluding ortho intramolecular Hbond substituents is 2. The molecule has 2 aromatic rings. The van der Waals surface area contributed by atoms with Gasteiger partial charge in [0.05, 0.1) is 26.4 Å². The fourth-order valence-electron chi connectivity index (χ4n) is 6.71. The van der Waals surface area contributed by atoms with E-state index >= 15 is 0 Å². The van der Waals surface area contributed by atoms with E-state index in [0.717, 1.165) is 87.0 Å². The van der Waals surface area contributed by atoms with Crippen molar-refractivity contribution in [2.75, 3.05) is 39.6 Å². The first-order chi connectivity index (χ1) is 23.0. The van der Waals surface area contributed by atoms with Crippen LogP contribution >= 0.6 is 0 Å². The lowest BCUT2D eigenvalue weighted by Gasteiger charge is -2.50. The molecule has 0 radical (unpaired) electrons. The minimum Gasteiger partial charge on any atom is -0.508 e. The number of benzene rings is 2. The molecule has 2 aromatic carbocycles. The summed E-state index contributed by atoms with van der Waals surface area (Å²) in [6.07, 6.45) is 5.29. The molecule has 0 bridgehead atoms. The number of hydrogen-bond donors (Lipinski definition) is 2. The average molecular weight is 737 g/mol. The normalized spacial score (nSPS) is 31.7. The molecule has 2 unspecified atom stereocenters. The molecule has 5 rings (SSSR count). The molecule has 0 aromatic heterocycles. The molecule has 3 saturated heterocycles.